The number of benzene rings is 1. The molecule has 7 rings (SSSR count). The molecular formula is C36H52ClN5O4. The quantitative estimate of drug-likeness (QED) is 0.445. The number of halogens is 1. The summed E-state index contributed by atoms with van der Waals surface area (Å²) < 4.78 is 5.95. The Morgan fingerprint density at radius 1 is 0.848 bits per heavy atom. The zero-order valence-electron chi connectivity index (χ0n) is 27.7. The van der Waals surface area contributed by atoms with Gasteiger partial charge in [-0.1, -0.05) is 30.7 Å². The summed E-state index contributed by atoms with van der Waals surface area (Å²) >= 11 is 6.27. The lowest BCUT2D eigenvalue weighted by Crippen LogP contribution is -2.54. The van der Waals surface area contributed by atoms with Crippen LogP contribution < -0.4 is 0 Å². The fraction of sp³-hybridized carbons (Fsp3) is 0.750. The maximum atomic E-state index is 14.9. The zero-order valence-corrected chi connectivity index (χ0v) is 28.5. The second-order valence-corrected chi connectivity index (χ2v) is 15.6. The lowest BCUT2D eigenvalue weighted by Gasteiger charge is -2.41. The van der Waals surface area contributed by atoms with Crippen molar-refractivity contribution in [2.75, 3.05) is 59.5 Å². The van der Waals surface area contributed by atoms with Gasteiger partial charge in [0, 0.05) is 75.4 Å². The number of hydrogen-bond donors (Lipinski definition) is 0. The van der Waals surface area contributed by atoms with Crippen LogP contribution in [0.2, 0.25) is 5.02 Å². The lowest BCUT2D eigenvalue weighted by atomic mass is 9.85. The van der Waals surface area contributed by atoms with Crippen LogP contribution in [0.3, 0.4) is 0 Å². The molecule has 0 aromatic heterocycles. The van der Waals surface area contributed by atoms with Crippen molar-refractivity contribution in [1.82, 2.24) is 24.5 Å². The fourth-order valence-corrected chi connectivity index (χ4v) is 9.06. The number of piperazine rings is 1. The molecule has 0 spiro atoms. The number of likely N-dealkylation sites (tertiary alicyclic amines) is 2. The third kappa shape index (κ3) is 6.71. The van der Waals surface area contributed by atoms with E-state index in [1.54, 1.807) is 0 Å². The molecule has 6 fully saturated rings. The summed E-state index contributed by atoms with van der Waals surface area (Å²) in [6.45, 7) is 7.90. The smallest absolute Gasteiger partial charge is 0.252 e. The van der Waals surface area contributed by atoms with Gasteiger partial charge in [-0.15, -0.1) is 0 Å². The molecule has 0 radical (unpaired) electrons. The number of carbonyl (C=O) groups is 3. The van der Waals surface area contributed by atoms with Gasteiger partial charge in [0.25, 0.3) is 5.91 Å². The molecule has 3 amide bonds. The predicted octanol–water partition coefficient (Wildman–Crippen LogP) is 3.85. The molecular weight excluding hydrogens is 602 g/mol. The fourth-order valence-electron chi connectivity index (χ4n) is 8.93. The van der Waals surface area contributed by atoms with E-state index in [0.717, 1.165) is 63.7 Å². The molecule has 2 saturated carbocycles. The Kier molecular flexibility index (Phi) is 9.66. The van der Waals surface area contributed by atoms with Crippen LogP contribution in [0, 0.1) is 11.8 Å². The van der Waals surface area contributed by atoms with Crippen LogP contribution in [-0.2, 0) is 19.1 Å². The first-order chi connectivity index (χ1) is 22.3. The first-order valence-electron chi connectivity index (χ1n) is 18.0. The molecule has 0 bridgehead atoms. The second kappa shape index (κ2) is 13.7. The molecule has 6 aliphatic rings. The Morgan fingerprint density at radius 2 is 1.57 bits per heavy atom. The molecule has 4 aliphatic heterocycles. The minimum Gasteiger partial charge on any atom is -0.368 e. The second-order valence-electron chi connectivity index (χ2n) is 15.1. The van der Waals surface area contributed by atoms with Gasteiger partial charge < -0.3 is 24.3 Å². The van der Waals surface area contributed by atoms with Crippen LogP contribution in [0.4, 0.5) is 0 Å². The molecule has 1 aromatic carbocycles. The topological polar surface area (TPSA) is 76.6 Å². The lowest BCUT2D eigenvalue weighted by molar-refractivity contribution is -0.148. The Labute approximate surface area is 279 Å². The molecule has 252 valence electrons. The molecule has 4 saturated heterocycles. The van der Waals surface area contributed by atoms with Crippen molar-refractivity contribution in [3.05, 3.63) is 34.9 Å². The summed E-state index contributed by atoms with van der Waals surface area (Å²) in [6, 6.07) is 7.91. The number of likely N-dealkylation sites (N-methyl/N-ethyl adjacent to an activating group) is 1. The van der Waals surface area contributed by atoms with Gasteiger partial charge in [-0.05, 0) is 88.4 Å². The van der Waals surface area contributed by atoms with E-state index in [4.69, 9.17) is 16.3 Å². The largest absolute Gasteiger partial charge is 0.368 e. The normalized spacial score (nSPS) is 34.3. The first-order valence-corrected chi connectivity index (χ1v) is 18.4. The standard InChI is InChI=1S/C36H52ClN5O4/c1-24-5-11-28(12-6-24)42(36(45)33-4-3-19-46-33)29-20-32(35(44)39-17-15-38(2)16-18-39)41(21-29)34(43)31-23-40(27-13-14-27)22-30(31)25-7-9-26(37)10-8-25/h7-10,24,27-33H,3-6,11-23H2,1-2H3/t24?,28?,29-,30-,31+,32+,33-/m0/s1. The summed E-state index contributed by atoms with van der Waals surface area (Å²) in [7, 11) is 2.09. The van der Waals surface area contributed by atoms with Crippen LogP contribution in [-0.4, -0.2) is 132 Å². The van der Waals surface area contributed by atoms with Crippen LogP contribution in [0.15, 0.2) is 24.3 Å². The predicted molar refractivity (Wildman–Crippen MR) is 178 cm³/mol. The van der Waals surface area contributed by atoms with Crippen molar-refractivity contribution in [2.45, 2.75) is 101 Å². The molecule has 9 nitrogen and oxygen atoms in total. The number of nitrogens with zero attached hydrogens (tertiary/aromatic N) is 5. The zero-order chi connectivity index (χ0) is 31.9. The molecule has 4 heterocycles. The van der Waals surface area contributed by atoms with E-state index in [0.29, 0.717) is 56.2 Å². The van der Waals surface area contributed by atoms with E-state index in [1.165, 1.54) is 12.8 Å². The van der Waals surface area contributed by atoms with Crippen molar-refractivity contribution in [3.8, 4) is 0 Å². The summed E-state index contributed by atoms with van der Waals surface area (Å²) in [5, 5.41) is 0.692. The van der Waals surface area contributed by atoms with Crippen molar-refractivity contribution < 1.29 is 19.1 Å². The highest BCUT2D eigenvalue weighted by atomic mass is 35.5. The van der Waals surface area contributed by atoms with Crippen LogP contribution in [0.1, 0.15) is 76.2 Å². The highest BCUT2D eigenvalue weighted by Gasteiger charge is 2.51. The van der Waals surface area contributed by atoms with Crippen molar-refractivity contribution in [3.63, 3.8) is 0 Å². The third-order valence-electron chi connectivity index (χ3n) is 11.9. The van der Waals surface area contributed by atoms with Gasteiger partial charge in [-0.25, -0.2) is 0 Å². The Bertz CT molecular complexity index is 1250. The molecule has 0 N–H and O–H groups in total. The van der Waals surface area contributed by atoms with Gasteiger partial charge in [0.2, 0.25) is 11.8 Å². The molecule has 46 heavy (non-hydrogen) atoms. The minimum absolute atomic E-state index is 0.0471. The van der Waals surface area contributed by atoms with Crippen molar-refractivity contribution in [2.24, 2.45) is 11.8 Å². The van der Waals surface area contributed by atoms with Gasteiger partial charge >= 0.3 is 0 Å². The Morgan fingerprint density at radius 3 is 2.22 bits per heavy atom. The number of ether oxygens (including phenoxy) is 1. The summed E-state index contributed by atoms with van der Waals surface area (Å²) in [4.78, 5) is 54.3. The van der Waals surface area contributed by atoms with Gasteiger partial charge in [-0.2, -0.15) is 0 Å². The van der Waals surface area contributed by atoms with Crippen molar-refractivity contribution in [1.29, 1.82) is 0 Å². The maximum Gasteiger partial charge on any atom is 0.252 e. The highest BCUT2D eigenvalue weighted by Crippen LogP contribution is 2.42. The van der Waals surface area contributed by atoms with Gasteiger partial charge in [0.05, 0.1) is 12.0 Å². The van der Waals surface area contributed by atoms with Crippen LogP contribution in [0.25, 0.3) is 0 Å². The number of hydrogen-bond acceptors (Lipinski definition) is 6. The summed E-state index contributed by atoms with van der Waals surface area (Å²) in [5.41, 5.74) is 1.13. The SMILES string of the molecule is CC1CCC(N(C(=O)[C@@H]2CCCO2)[C@H]2C[C@H](C(=O)N3CCN(C)CC3)N(C(=O)[C@@H]3CN(C4CC4)C[C@H]3c3ccc(Cl)cc3)C2)CC1. The molecule has 10 heteroatoms. The van der Waals surface area contributed by atoms with Crippen LogP contribution in [0.5, 0.6) is 0 Å². The third-order valence-corrected chi connectivity index (χ3v) is 12.2. The van der Waals surface area contributed by atoms with E-state index in [-0.39, 0.29) is 41.6 Å². The maximum absolute atomic E-state index is 14.9. The summed E-state index contributed by atoms with van der Waals surface area (Å²) in [6.07, 6.45) is 8.25. The number of carbonyl (C=O) groups excluding carboxylic acids is 3. The average Bonchev–Trinajstić information content (AvgIpc) is 3.42. The van der Waals surface area contributed by atoms with Gasteiger partial charge in [-0.3, -0.25) is 19.3 Å². The van der Waals surface area contributed by atoms with E-state index >= 15 is 0 Å². The highest BCUT2D eigenvalue weighted by molar-refractivity contribution is 6.30. The van der Waals surface area contributed by atoms with Crippen LogP contribution >= 0.6 is 11.6 Å². The number of rotatable bonds is 7. The molecule has 1 aromatic rings. The molecule has 5 atom stereocenters. The van der Waals surface area contributed by atoms with E-state index in [1.807, 2.05) is 21.9 Å². The minimum atomic E-state index is -0.552. The van der Waals surface area contributed by atoms with Gasteiger partial charge in [0.15, 0.2) is 0 Å². The Balaban J connectivity index is 1.19. The first kappa shape index (κ1) is 32.4. The van der Waals surface area contributed by atoms with E-state index in [9.17, 15) is 14.4 Å². The molecule has 2 aliphatic carbocycles. The average molecular weight is 654 g/mol. The van der Waals surface area contributed by atoms with E-state index in [2.05, 4.69) is 40.8 Å². The number of amides is 3. The van der Waals surface area contributed by atoms with Crippen molar-refractivity contribution >= 4 is 29.3 Å². The van der Waals surface area contributed by atoms with Gasteiger partial charge in [0.1, 0.15) is 12.1 Å². The molecule has 0 unspecified atom stereocenters. The monoisotopic (exact) mass is 653 g/mol. The Hall–Kier alpha value is -2.20. The summed E-state index contributed by atoms with van der Waals surface area (Å²) in [5.74, 6) is 0.660. The van der Waals surface area contributed by atoms with E-state index < -0.39 is 12.1 Å².